The fraction of sp³-hybridized carbons (Fsp3) is 0.0556. The normalized spacial score (nSPS) is 10.3. The molecule has 1 N–H and O–H groups in total. The molecule has 3 aromatic rings. The van der Waals surface area contributed by atoms with Crippen LogP contribution < -0.4 is 5.32 Å². The van der Waals surface area contributed by atoms with Crippen LogP contribution in [-0.4, -0.2) is 24.4 Å². The van der Waals surface area contributed by atoms with Crippen LogP contribution >= 0.6 is 34.3 Å². The lowest BCUT2D eigenvalue weighted by atomic mass is 10.2. The van der Waals surface area contributed by atoms with Gasteiger partial charge in [-0.25, -0.2) is 4.79 Å². The average molecular weight is 406 g/mol. The van der Waals surface area contributed by atoms with Crippen LogP contribution in [0.5, 0.6) is 0 Å². The minimum Gasteiger partial charge on any atom is -0.451 e. The summed E-state index contributed by atoms with van der Waals surface area (Å²) >= 11 is 8.33. The lowest BCUT2D eigenvalue weighted by molar-refractivity contribution is -0.123. The van der Waals surface area contributed by atoms with E-state index < -0.39 is 24.4 Å². The first kappa shape index (κ1) is 18.3. The molecule has 0 aliphatic carbocycles. The van der Waals surface area contributed by atoms with Crippen LogP contribution in [0.1, 0.15) is 19.3 Å². The number of esters is 1. The van der Waals surface area contributed by atoms with Gasteiger partial charge < -0.3 is 4.74 Å². The van der Waals surface area contributed by atoms with E-state index >= 15 is 0 Å². The molecule has 132 valence electrons. The molecule has 0 atom stereocenters. The summed E-state index contributed by atoms with van der Waals surface area (Å²) in [5.41, 5.74) is 0.928. The predicted molar refractivity (Wildman–Crippen MR) is 102 cm³/mol. The number of benzene rings is 1. The van der Waals surface area contributed by atoms with Gasteiger partial charge in [0.25, 0.3) is 11.8 Å². The second-order valence-corrected chi connectivity index (χ2v) is 7.57. The largest absolute Gasteiger partial charge is 0.451 e. The van der Waals surface area contributed by atoms with Gasteiger partial charge in [-0.15, -0.1) is 22.7 Å². The van der Waals surface area contributed by atoms with E-state index in [0.29, 0.717) is 14.8 Å². The number of hydrogen-bond acceptors (Lipinski definition) is 6. The molecule has 0 fully saturated rings. The van der Waals surface area contributed by atoms with Crippen molar-refractivity contribution < 1.29 is 19.1 Å². The van der Waals surface area contributed by atoms with E-state index in [1.165, 1.54) is 22.7 Å². The van der Waals surface area contributed by atoms with E-state index in [-0.39, 0.29) is 0 Å². The number of hydrogen-bond donors (Lipinski definition) is 1. The summed E-state index contributed by atoms with van der Waals surface area (Å²) < 4.78 is 4.97. The van der Waals surface area contributed by atoms with Crippen molar-refractivity contribution in [2.75, 3.05) is 6.61 Å². The Bertz CT molecular complexity index is 933. The number of nitrogens with one attached hydrogen (secondary N) is 1. The first-order chi connectivity index (χ1) is 12.5. The Balaban J connectivity index is 1.54. The third-order valence-corrected chi connectivity index (χ3v) is 5.50. The topological polar surface area (TPSA) is 72.5 Å². The molecular formula is C18H12ClNO4S2. The molecule has 0 bridgehead atoms. The molecule has 3 rings (SSSR count). The number of carbonyl (C=O) groups is 3. The zero-order chi connectivity index (χ0) is 18.5. The molecule has 2 amide bonds. The highest BCUT2D eigenvalue weighted by atomic mass is 35.5. The molecule has 5 nitrogen and oxygen atoms in total. The summed E-state index contributed by atoms with van der Waals surface area (Å²) in [7, 11) is 0. The zero-order valence-corrected chi connectivity index (χ0v) is 15.6. The number of carbonyl (C=O) groups excluding carboxylic acids is 3. The van der Waals surface area contributed by atoms with Crippen LogP contribution in [0.4, 0.5) is 0 Å². The molecule has 0 saturated carbocycles. The first-order valence-electron chi connectivity index (χ1n) is 7.43. The third-order valence-electron chi connectivity index (χ3n) is 3.27. The Morgan fingerprint density at radius 2 is 1.77 bits per heavy atom. The predicted octanol–water partition coefficient (Wildman–Crippen LogP) is 4.24. The maximum atomic E-state index is 12.1. The van der Waals surface area contributed by atoms with Crippen LogP contribution in [0.3, 0.4) is 0 Å². The summed E-state index contributed by atoms with van der Waals surface area (Å²) in [6, 6.07) is 14.0. The van der Waals surface area contributed by atoms with Gasteiger partial charge in [0, 0.05) is 9.90 Å². The monoisotopic (exact) mass is 405 g/mol. The Morgan fingerprint density at radius 1 is 1.00 bits per heavy atom. The minimum atomic E-state index is -0.675. The summed E-state index contributed by atoms with van der Waals surface area (Å²) in [5.74, 6) is -1.80. The Labute approximate surface area is 162 Å². The molecule has 1 aromatic carbocycles. The second kappa shape index (κ2) is 8.27. The summed E-state index contributed by atoms with van der Waals surface area (Å²) in [6.07, 6.45) is 0. The fourth-order valence-electron chi connectivity index (χ4n) is 2.05. The summed E-state index contributed by atoms with van der Waals surface area (Å²) in [5, 5.41) is 4.53. The average Bonchev–Trinajstić information content (AvgIpc) is 3.32. The van der Waals surface area contributed by atoms with E-state index in [9.17, 15) is 14.4 Å². The van der Waals surface area contributed by atoms with Gasteiger partial charge in [0.2, 0.25) is 0 Å². The van der Waals surface area contributed by atoms with Gasteiger partial charge in [0.15, 0.2) is 6.61 Å². The van der Waals surface area contributed by atoms with Crippen molar-refractivity contribution >= 4 is 52.1 Å². The van der Waals surface area contributed by atoms with Gasteiger partial charge in [0.1, 0.15) is 4.88 Å². The number of imide groups is 1. The van der Waals surface area contributed by atoms with Gasteiger partial charge in [-0.05, 0) is 41.3 Å². The maximum absolute atomic E-state index is 12.1. The molecule has 2 aromatic heterocycles. The van der Waals surface area contributed by atoms with Crippen molar-refractivity contribution in [1.29, 1.82) is 0 Å². The molecule has 0 radical (unpaired) electrons. The quantitative estimate of drug-likeness (QED) is 0.644. The molecule has 0 aliphatic heterocycles. The summed E-state index contributed by atoms with van der Waals surface area (Å²) in [6.45, 7) is -0.524. The van der Waals surface area contributed by atoms with Gasteiger partial charge in [0.05, 0.1) is 4.88 Å². The number of rotatable bonds is 5. The Kier molecular flexibility index (Phi) is 5.82. The maximum Gasteiger partial charge on any atom is 0.348 e. The number of amides is 2. The molecule has 26 heavy (non-hydrogen) atoms. The van der Waals surface area contributed by atoms with Gasteiger partial charge >= 0.3 is 5.97 Å². The first-order valence-corrected chi connectivity index (χ1v) is 9.51. The Morgan fingerprint density at radius 3 is 2.46 bits per heavy atom. The highest BCUT2D eigenvalue weighted by Crippen LogP contribution is 2.29. The van der Waals surface area contributed by atoms with Gasteiger partial charge in [-0.1, -0.05) is 29.8 Å². The molecule has 0 spiro atoms. The van der Waals surface area contributed by atoms with Crippen molar-refractivity contribution in [3.05, 3.63) is 68.7 Å². The number of halogens is 1. The SMILES string of the molecule is O=C(COC(=O)c1ccc(-c2ccc(Cl)cc2)s1)NC(=O)c1cccs1. The smallest absolute Gasteiger partial charge is 0.348 e. The summed E-state index contributed by atoms with van der Waals surface area (Å²) in [4.78, 5) is 37.2. The molecule has 8 heteroatoms. The van der Waals surface area contributed by atoms with Crippen LogP contribution in [0.25, 0.3) is 10.4 Å². The van der Waals surface area contributed by atoms with Gasteiger partial charge in [-0.3, -0.25) is 14.9 Å². The lowest BCUT2D eigenvalue weighted by Gasteiger charge is -2.04. The van der Waals surface area contributed by atoms with Gasteiger partial charge in [-0.2, -0.15) is 0 Å². The number of thiophene rings is 2. The van der Waals surface area contributed by atoms with Crippen molar-refractivity contribution in [3.8, 4) is 10.4 Å². The van der Waals surface area contributed by atoms with Crippen LogP contribution in [0.15, 0.2) is 53.9 Å². The van der Waals surface area contributed by atoms with E-state index in [0.717, 1.165) is 10.4 Å². The van der Waals surface area contributed by atoms with E-state index in [1.807, 2.05) is 12.1 Å². The molecule has 0 saturated heterocycles. The van der Waals surface area contributed by atoms with Crippen molar-refractivity contribution in [2.24, 2.45) is 0 Å². The van der Waals surface area contributed by atoms with Crippen molar-refractivity contribution in [2.45, 2.75) is 0 Å². The zero-order valence-electron chi connectivity index (χ0n) is 13.2. The highest BCUT2D eigenvalue weighted by Gasteiger charge is 2.16. The van der Waals surface area contributed by atoms with Crippen LogP contribution in [0.2, 0.25) is 5.02 Å². The standard InChI is InChI=1S/C18H12ClNO4S2/c19-12-5-3-11(4-6-12)13-7-8-15(26-13)18(23)24-10-16(21)20-17(22)14-2-1-9-25-14/h1-9H,10H2,(H,20,21,22). The second-order valence-electron chi connectivity index (χ2n) is 5.10. The number of ether oxygens (including phenoxy) is 1. The lowest BCUT2D eigenvalue weighted by Crippen LogP contribution is -2.33. The molecule has 2 heterocycles. The minimum absolute atomic E-state index is 0.368. The molecular weight excluding hydrogens is 394 g/mol. The molecule has 0 aliphatic rings. The highest BCUT2D eigenvalue weighted by molar-refractivity contribution is 7.17. The van der Waals surface area contributed by atoms with Crippen molar-refractivity contribution in [1.82, 2.24) is 5.32 Å². The van der Waals surface area contributed by atoms with Crippen molar-refractivity contribution in [3.63, 3.8) is 0 Å². The van der Waals surface area contributed by atoms with E-state index in [2.05, 4.69) is 5.32 Å². The van der Waals surface area contributed by atoms with E-state index in [4.69, 9.17) is 16.3 Å². The Hall–Kier alpha value is -2.48. The molecule has 0 unspecified atom stereocenters. The third kappa shape index (κ3) is 4.57. The van der Waals surface area contributed by atoms with Crippen LogP contribution in [0, 0.1) is 0 Å². The van der Waals surface area contributed by atoms with Crippen LogP contribution in [-0.2, 0) is 9.53 Å². The van der Waals surface area contributed by atoms with E-state index in [1.54, 1.807) is 41.8 Å². The fourth-order valence-corrected chi connectivity index (χ4v) is 3.70.